The molecule has 0 bridgehead atoms. The summed E-state index contributed by atoms with van der Waals surface area (Å²) in [5.74, 6) is 0.579. The van der Waals surface area contributed by atoms with Crippen LogP contribution in [-0.2, 0) is 0 Å². The van der Waals surface area contributed by atoms with Gasteiger partial charge in [0.2, 0.25) is 6.19 Å². The van der Waals surface area contributed by atoms with Gasteiger partial charge in [0, 0.05) is 19.4 Å². The van der Waals surface area contributed by atoms with E-state index in [0.717, 1.165) is 0 Å². The van der Waals surface area contributed by atoms with Gasteiger partial charge in [-0.25, -0.2) is 5.43 Å². The minimum atomic E-state index is 0.427. The van der Waals surface area contributed by atoms with E-state index in [2.05, 4.69) is 15.8 Å². The van der Waals surface area contributed by atoms with Crippen molar-refractivity contribution in [3.63, 3.8) is 0 Å². The number of hydrogen-bond acceptors (Lipinski definition) is 4. The maximum atomic E-state index is 8.21. The molecule has 2 N–H and O–H groups in total. The monoisotopic (exact) mass is 165 g/mol. The van der Waals surface area contributed by atoms with E-state index in [9.17, 15) is 0 Å². The fourth-order valence-corrected chi connectivity index (χ4v) is 0.539. The van der Waals surface area contributed by atoms with E-state index in [1.54, 1.807) is 6.19 Å². The lowest BCUT2D eigenvalue weighted by Crippen LogP contribution is -2.37. The number of aliphatic imine (C=N–C) groups is 1. The highest BCUT2D eigenvalue weighted by Gasteiger charge is 1.92. The Hall–Kier alpha value is -1.59. The second-order valence-corrected chi connectivity index (χ2v) is 1.97. The van der Waals surface area contributed by atoms with E-state index in [0.29, 0.717) is 25.2 Å². The van der Waals surface area contributed by atoms with Gasteiger partial charge in [-0.2, -0.15) is 15.5 Å². The van der Waals surface area contributed by atoms with E-state index < -0.39 is 0 Å². The predicted molar refractivity (Wildman–Crippen MR) is 44.7 cm³/mol. The number of rotatable bonds is 4. The van der Waals surface area contributed by atoms with Gasteiger partial charge < -0.3 is 5.43 Å². The molecule has 0 saturated carbocycles. The summed E-state index contributed by atoms with van der Waals surface area (Å²) in [5, 5.41) is 16.4. The summed E-state index contributed by atoms with van der Waals surface area (Å²) in [6.45, 7) is 2.43. The van der Waals surface area contributed by atoms with Gasteiger partial charge in [-0.3, -0.25) is 0 Å². The molecule has 0 spiro atoms. The highest BCUT2D eigenvalue weighted by Crippen LogP contribution is 1.78. The normalized spacial score (nSPS) is 10.1. The van der Waals surface area contributed by atoms with Gasteiger partial charge in [-0.15, -0.1) is 0 Å². The molecule has 0 rings (SSSR count). The first-order valence-electron chi connectivity index (χ1n) is 3.66. The average molecular weight is 165 g/mol. The number of hydrogen-bond donors (Lipinski definition) is 2. The first kappa shape index (κ1) is 10.4. The smallest absolute Gasteiger partial charge is 0.207 e. The zero-order valence-electron chi connectivity index (χ0n) is 6.96. The molecule has 0 amide bonds. The first-order valence-corrected chi connectivity index (χ1v) is 3.66. The average Bonchev–Trinajstić information content (AvgIpc) is 2.10. The van der Waals surface area contributed by atoms with Crippen LogP contribution in [0.1, 0.15) is 19.8 Å². The Morgan fingerprint density at radius 1 is 1.50 bits per heavy atom. The van der Waals surface area contributed by atoms with Gasteiger partial charge in [-0.05, 0) is 0 Å². The van der Waals surface area contributed by atoms with Crippen LogP contribution in [0.15, 0.2) is 4.99 Å². The third-order valence-corrected chi connectivity index (χ3v) is 1.11. The molecular formula is C7H11N5. The van der Waals surface area contributed by atoms with Crippen LogP contribution in [0.3, 0.4) is 0 Å². The van der Waals surface area contributed by atoms with E-state index in [4.69, 9.17) is 10.5 Å². The summed E-state index contributed by atoms with van der Waals surface area (Å²) in [4.78, 5) is 3.51. The lowest BCUT2D eigenvalue weighted by atomic mass is 10.4. The van der Waals surface area contributed by atoms with Crippen molar-refractivity contribution in [2.45, 2.75) is 19.8 Å². The Balaban J connectivity index is 3.55. The van der Waals surface area contributed by atoms with E-state index in [1.165, 1.54) is 0 Å². The Morgan fingerprint density at radius 3 is 2.75 bits per heavy atom. The summed E-state index contributed by atoms with van der Waals surface area (Å²) >= 11 is 0. The Morgan fingerprint density at radius 2 is 2.25 bits per heavy atom. The van der Waals surface area contributed by atoms with E-state index >= 15 is 0 Å². The van der Waals surface area contributed by atoms with Crippen LogP contribution >= 0.6 is 0 Å². The Kier molecular flexibility index (Phi) is 6.52. The fraction of sp³-hybridized carbons (Fsp3) is 0.571. The predicted octanol–water partition coefficient (Wildman–Crippen LogP) is 0.284. The molecule has 5 heteroatoms. The third-order valence-electron chi connectivity index (χ3n) is 1.11. The van der Waals surface area contributed by atoms with Crippen LogP contribution in [0.5, 0.6) is 0 Å². The molecule has 0 heterocycles. The van der Waals surface area contributed by atoms with Crippen LogP contribution in [0.4, 0.5) is 0 Å². The molecule has 0 aliphatic rings. The maximum Gasteiger partial charge on any atom is 0.207 e. The highest BCUT2D eigenvalue weighted by molar-refractivity contribution is 5.82. The van der Waals surface area contributed by atoms with Gasteiger partial charge in [0.05, 0.1) is 6.07 Å². The van der Waals surface area contributed by atoms with Crippen molar-refractivity contribution in [2.24, 2.45) is 4.99 Å². The molecule has 0 aromatic rings. The fourth-order valence-electron chi connectivity index (χ4n) is 0.539. The summed E-state index contributed by atoms with van der Waals surface area (Å²) in [6.07, 6.45) is 2.77. The molecule has 0 aliphatic carbocycles. The lowest BCUT2D eigenvalue weighted by Gasteiger charge is -2.05. The highest BCUT2D eigenvalue weighted by atomic mass is 15.4. The molecule has 0 saturated heterocycles. The standard InChI is InChI=1S/C7H11N5/c1-2-7(10-6-9)12-11-5-3-4-8/h11H,2-3,5H2,1H3,(H,10,12). The summed E-state index contributed by atoms with van der Waals surface area (Å²) in [5.41, 5.74) is 5.50. The number of amidine groups is 1. The van der Waals surface area contributed by atoms with Crippen molar-refractivity contribution in [2.75, 3.05) is 6.54 Å². The van der Waals surface area contributed by atoms with Crippen molar-refractivity contribution in [3.05, 3.63) is 0 Å². The minimum Gasteiger partial charge on any atom is -0.309 e. The van der Waals surface area contributed by atoms with Gasteiger partial charge in [0.15, 0.2) is 0 Å². The topological polar surface area (TPSA) is 84.0 Å². The molecule has 5 nitrogen and oxygen atoms in total. The molecule has 0 aliphatic heterocycles. The van der Waals surface area contributed by atoms with Crippen LogP contribution < -0.4 is 10.9 Å². The van der Waals surface area contributed by atoms with E-state index in [1.807, 2.05) is 13.0 Å². The van der Waals surface area contributed by atoms with E-state index in [-0.39, 0.29) is 0 Å². The summed E-state index contributed by atoms with van der Waals surface area (Å²) < 4.78 is 0. The number of nitrogens with zero attached hydrogens (tertiary/aromatic N) is 3. The molecule has 0 radical (unpaired) electrons. The zero-order chi connectivity index (χ0) is 9.23. The van der Waals surface area contributed by atoms with Gasteiger partial charge in [-0.1, -0.05) is 6.92 Å². The Bertz CT molecular complexity index is 219. The minimum absolute atomic E-state index is 0.427. The molecule has 0 unspecified atom stereocenters. The number of nitrogens with one attached hydrogen (secondary N) is 2. The van der Waals surface area contributed by atoms with Crippen molar-refractivity contribution < 1.29 is 0 Å². The Labute approximate surface area is 71.7 Å². The largest absolute Gasteiger partial charge is 0.309 e. The van der Waals surface area contributed by atoms with Crippen LogP contribution in [-0.4, -0.2) is 12.4 Å². The van der Waals surface area contributed by atoms with Crippen LogP contribution in [0, 0.1) is 22.8 Å². The SMILES string of the molecule is CCC(=NC#N)NNCCC#N. The first-order chi connectivity index (χ1) is 5.85. The van der Waals surface area contributed by atoms with Gasteiger partial charge >= 0.3 is 0 Å². The van der Waals surface area contributed by atoms with Crippen molar-refractivity contribution in [1.82, 2.24) is 10.9 Å². The molecule has 0 aromatic carbocycles. The number of nitriles is 2. The molecule has 12 heavy (non-hydrogen) atoms. The van der Waals surface area contributed by atoms with Gasteiger partial charge in [0.25, 0.3) is 0 Å². The second kappa shape index (κ2) is 7.52. The molecule has 0 atom stereocenters. The second-order valence-electron chi connectivity index (χ2n) is 1.97. The van der Waals surface area contributed by atoms with Crippen LogP contribution in [0.2, 0.25) is 0 Å². The van der Waals surface area contributed by atoms with Crippen molar-refractivity contribution >= 4 is 5.84 Å². The molecule has 0 aromatic heterocycles. The summed E-state index contributed by atoms with van der Waals surface area (Å²) in [6, 6.07) is 1.98. The third kappa shape index (κ3) is 5.21. The van der Waals surface area contributed by atoms with Crippen molar-refractivity contribution in [1.29, 1.82) is 10.5 Å². The molecular weight excluding hydrogens is 154 g/mol. The lowest BCUT2D eigenvalue weighted by molar-refractivity contribution is 0.653. The van der Waals surface area contributed by atoms with Gasteiger partial charge in [0.1, 0.15) is 5.84 Å². The molecule has 0 fully saturated rings. The maximum absolute atomic E-state index is 8.21. The summed E-state index contributed by atoms with van der Waals surface area (Å²) in [7, 11) is 0. The zero-order valence-corrected chi connectivity index (χ0v) is 6.96. The van der Waals surface area contributed by atoms with Crippen molar-refractivity contribution in [3.8, 4) is 12.3 Å². The quantitative estimate of drug-likeness (QED) is 0.206. The number of hydrazine groups is 1. The molecule has 64 valence electrons. The van der Waals surface area contributed by atoms with Crippen LogP contribution in [0.25, 0.3) is 0 Å².